The second-order valence-corrected chi connectivity index (χ2v) is 7.00. The molecule has 1 fully saturated rings. The Balaban J connectivity index is 1.55. The lowest BCUT2D eigenvalue weighted by Gasteiger charge is -2.18. The summed E-state index contributed by atoms with van der Waals surface area (Å²) in [7, 11) is 0. The molecule has 1 saturated heterocycles. The number of non-ortho nitro benzene ring substituents is 1. The average molecular weight is 425 g/mol. The van der Waals surface area contributed by atoms with E-state index in [1.165, 1.54) is 18.2 Å². The lowest BCUT2D eigenvalue weighted by Crippen LogP contribution is -2.43. The van der Waals surface area contributed by atoms with Crippen LogP contribution in [-0.2, 0) is 14.3 Å². The fourth-order valence-electron chi connectivity index (χ4n) is 3.11. The van der Waals surface area contributed by atoms with E-state index in [0.717, 1.165) is 16.6 Å². The Kier molecular flexibility index (Phi) is 6.39. The van der Waals surface area contributed by atoms with Crippen LogP contribution in [0.4, 0.5) is 5.69 Å². The van der Waals surface area contributed by atoms with Gasteiger partial charge in [-0.05, 0) is 18.6 Å². The van der Waals surface area contributed by atoms with Gasteiger partial charge in [-0.3, -0.25) is 39.7 Å². The van der Waals surface area contributed by atoms with Crippen LogP contribution >= 0.6 is 0 Å². The summed E-state index contributed by atoms with van der Waals surface area (Å²) in [6, 6.07) is 11.9. The molecule has 1 N–H and O–H groups in total. The smallest absolute Gasteiger partial charge is 0.311 e. The minimum atomic E-state index is -0.845. The number of hydrogen-bond acceptors (Lipinski definition) is 7. The van der Waals surface area contributed by atoms with Gasteiger partial charge in [0.25, 0.3) is 11.6 Å². The lowest BCUT2D eigenvalue weighted by atomic mass is 10.1. The number of nitro benzene ring substituents is 1. The number of aryl methyl sites for hydroxylation is 1. The number of carbonyl (C=O) groups is 4. The van der Waals surface area contributed by atoms with Gasteiger partial charge in [0.05, 0.1) is 17.4 Å². The number of ether oxygens (including phenoxy) is 1. The molecule has 3 rings (SSSR count). The lowest BCUT2D eigenvalue weighted by molar-refractivity contribution is -0.384. The van der Waals surface area contributed by atoms with Gasteiger partial charge < -0.3 is 4.74 Å². The SMILES string of the molecule is Cc1ccccc1C(=O)NN1CC(C(=O)OCC(=O)c2cccc([N+](=O)[O-])c2)CC1=O. The van der Waals surface area contributed by atoms with E-state index in [9.17, 15) is 29.3 Å². The second-order valence-electron chi connectivity index (χ2n) is 7.00. The molecule has 1 aliphatic rings. The Morgan fingerprint density at radius 3 is 2.65 bits per heavy atom. The summed E-state index contributed by atoms with van der Waals surface area (Å²) >= 11 is 0. The molecule has 0 spiro atoms. The summed E-state index contributed by atoms with van der Waals surface area (Å²) in [5, 5.41) is 11.9. The standard InChI is InChI=1S/C21H19N3O7/c1-13-5-2-3-8-17(13)20(27)22-23-11-15(10-19(23)26)21(28)31-12-18(25)14-6-4-7-16(9-14)24(29)30/h2-9,15H,10-12H2,1H3,(H,22,27). The highest BCUT2D eigenvalue weighted by Crippen LogP contribution is 2.19. The molecule has 1 aliphatic heterocycles. The molecule has 0 aromatic heterocycles. The van der Waals surface area contributed by atoms with E-state index >= 15 is 0 Å². The molecule has 0 saturated carbocycles. The zero-order valence-electron chi connectivity index (χ0n) is 16.6. The third-order valence-corrected chi connectivity index (χ3v) is 4.81. The zero-order chi connectivity index (χ0) is 22.5. The maximum atomic E-state index is 12.4. The first-order valence-electron chi connectivity index (χ1n) is 9.37. The molecule has 1 atom stereocenters. The van der Waals surface area contributed by atoms with Gasteiger partial charge >= 0.3 is 5.97 Å². The van der Waals surface area contributed by atoms with Crippen molar-refractivity contribution in [2.24, 2.45) is 5.92 Å². The molecule has 160 valence electrons. The predicted octanol–water partition coefficient (Wildman–Crippen LogP) is 1.82. The van der Waals surface area contributed by atoms with Crippen molar-refractivity contribution in [3.8, 4) is 0 Å². The van der Waals surface area contributed by atoms with Gasteiger partial charge in [-0.1, -0.05) is 30.3 Å². The Bertz CT molecular complexity index is 1070. The number of carbonyl (C=O) groups excluding carboxylic acids is 4. The van der Waals surface area contributed by atoms with Crippen LogP contribution in [0.1, 0.15) is 32.7 Å². The Morgan fingerprint density at radius 2 is 1.94 bits per heavy atom. The van der Waals surface area contributed by atoms with Gasteiger partial charge in [-0.15, -0.1) is 0 Å². The first-order chi connectivity index (χ1) is 14.8. The third kappa shape index (κ3) is 5.10. The van der Waals surface area contributed by atoms with Crippen LogP contribution in [0.25, 0.3) is 0 Å². The Labute approximate surface area is 176 Å². The van der Waals surface area contributed by atoms with Crippen LogP contribution in [0.3, 0.4) is 0 Å². The number of esters is 1. The summed E-state index contributed by atoms with van der Waals surface area (Å²) in [4.78, 5) is 59.2. The van der Waals surface area contributed by atoms with E-state index in [0.29, 0.717) is 5.56 Å². The largest absolute Gasteiger partial charge is 0.457 e. The van der Waals surface area contributed by atoms with Crippen molar-refractivity contribution < 1.29 is 28.8 Å². The van der Waals surface area contributed by atoms with Crippen LogP contribution < -0.4 is 5.43 Å². The molecule has 10 heteroatoms. The molecule has 31 heavy (non-hydrogen) atoms. The molecule has 0 radical (unpaired) electrons. The van der Waals surface area contributed by atoms with Crippen LogP contribution in [-0.4, -0.2) is 46.7 Å². The number of ketones is 1. The first kappa shape index (κ1) is 21.6. The van der Waals surface area contributed by atoms with E-state index < -0.39 is 41.0 Å². The van der Waals surface area contributed by atoms with Crippen molar-refractivity contribution in [2.75, 3.05) is 13.2 Å². The van der Waals surface area contributed by atoms with Crippen molar-refractivity contribution >= 4 is 29.3 Å². The molecular formula is C21H19N3O7. The number of rotatable bonds is 7. The number of hydrazine groups is 1. The monoisotopic (exact) mass is 425 g/mol. The summed E-state index contributed by atoms with van der Waals surface area (Å²) in [5.41, 5.74) is 3.42. The fourth-order valence-corrected chi connectivity index (χ4v) is 3.11. The number of nitro groups is 1. The van der Waals surface area contributed by atoms with Gasteiger partial charge in [0.15, 0.2) is 6.61 Å². The van der Waals surface area contributed by atoms with Crippen molar-refractivity contribution in [1.29, 1.82) is 0 Å². The summed E-state index contributed by atoms with van der Waals surface area (Å²) in [5.74, 6) is -3.14. The molecule has 2 aromatic carbocycles. The van der Waals surface area contributed by atoms with E-state index in [1.54, 1.807) is 31.2 Å². The van der Waals surface area contributed by atoms with Crippen LogP contribution in [0.2, 0.25) is 0 Å². The van der Waals surface area contributed by atoms with Crippen molar-refractivity contribution in [2.45, 2.75) is 13.3 Å². The molecule has 2 amide bonds. The summed E-state index contributed by atoms with van der Waals surface area (Å²) < 4.78 is 5.00. The predicted molar refractivity (Wildman–Crippen MR) is 107 cm³/mol. The quantitative estimate of drug-likeness (QED) is 0.309. The second kappa shape index (κ2) is 9.16. The van der Waals surface area contributed by atoms with Crippen molar-refractivity contribution in [1.82, 2.24) is 10.4 Å². The summed E-state index contributed by atoms with van der Waals surface area (Å²) in [6.07, 6.45) is -0.169. The third-order valence-electron chi connectivity index (χ3n) is 4.81. The van der Waals surface area contributed by atoms with E-state index in [2.05, 4.69) is 5.43 Å². The fraction of sp³-hybridized carbons (Fsp3) is 0.238. The average Bonchev–Trinajstić information content (AvgIpc) is 3.12. The van der Waals surface area contributed by atoms with Crippen molar-refractivity contribution in [3.63, 3.8) is 0 Å². The normalized spacial score (nSPS) is 15.5. The van der Waals surface area contributed by atoms with Gasteiger partial charge in [-0.25, -0.2) is 0 Å². The highest BCUT2D eigenvalue weighted by atomic mass is 16.6. The van der Waals surface area contributed by atoms with Gasteiger partial charge in [0.2, 0.25) is 11.7 Å². The van der Waals surface area contributed by atoms with E-state index in [1.807, 2.05) is 0 Å². The number of nitrogens with one attached hydrogen (secondary N) is 1. The summed E-state index contributed by atoms with van der Waals surface area (Å²) in [6.45, 7) is 1.07. The molecule has 10 nitrogen and oxygen atoms in total. The van der Waals surface area contributed by atoms with Crippen LogP contribution in [0.5, 0.6) is 0 Å². The zero-order valence-corrected chi connectivity index (χ0v) is 16.6. The molecular weight excluding hydrogens is 406 g/mol. The van der Waals surface area contributed by atoms with E-state index in [4.69, 9.17) is 4.74 Å². The minimum absolute atomic E-state index is 0.0385. The number of benzene rings is 2. The topological polar surface area (TPSA) is 136 Å². The Hall–Kier alpha value is -4.08. The van der Waals surface area contributed by atoms with Crippen molar-refractivity contribution in [3.05, 3.63) is 75.3 Å². The number of hydrogen-bond donors (Lipinski definition) is 1. The number of Topliss-reactive ketones (excluding diaryl/α,β-unsaturated/α-hetero) is 1. The minimum Gasteiger partial charge on any atom is -0.457 e. The molecule has 0 aliphatic carbocycles. The molecule has 0 bridgehead atoms. The Morgan fingerprint density at radius 1 is 1.19 bits per heavy atom. The molecule has 2 aromatic rings. The number of amides is 2. The van der Waals surface area contributed by atoms with E-state index in [-0.39, 0.29) is 24.2 Å². The van der Waals surface area contributed by atoms with Gasteiger partial charge in [-0.2, -0.15) is 0 Å². The van der Waals surface area contributed by atoms with Crippen LogP contribution in [0.15, 0.2) is 48.5 Å². The maximum Gasteiger partial charge on any atom is 0.311 e. The molecule has 1 heterocycles. The maximum absolute atomic E-state index is 12.4. The number of nitrogens with zero attached hydrogens (tertiary/aromatic N) is 2. The molecule has 1 unspecified atom stereocenters. The van der Waals surface area contributed by atoms with Crippen LogP contribution in [0, 0.1) is 23.0 Å². The van der Waals surface area contributed by atoms with Gasteiger partial charge in [0, 0.05) is 29.7 Å². The highest BCUT2D eigenvalue weighted by molar-refractivity contribution is 5.99. The van der Waals surface area contributed by atoms with Gasteiger partial charge in [0.1, 0.15) is 0 Å². The first-order valence-corrected chi connectivity index (χ1v) is 9.37. The highest BCUT2D eigenvalue weighted by Gasteiger charge is 2.37.